The van der Waals surface area contributed by atoms with Crippen molar-refractivity contribution in [3.05, 3.63) is 29.8 Å². The molecular formula is C19H30N4O2S2. The van der Waals surface area contributed by atoms with Crippen molar-refractivity contribution in [1.82, 2.24) is 10.2 Å². The van der Waals surface area contributed by atoms with Gasteiger partial charge in [0.05, 0.1) is 11.4 Å². The summed E-state index contributed by atoms with van der Waals surface area (Å²) >= 11 is 2.01. The minimum atomic E-state index is -3.34. The summed E-state index contributed by atoms with van der Waals surface area (Å²) in [5.74, 6) is 2.56. The molecule has 2 aliphatic heterocycles. The zero-order valence-corrected chi connectivity index (χ0v) is 18.0. The number of rotatable bonds is 5. The van der Waals surface area contributed by atoms with Crippen LogP contribution < -0.4 is 9.62 Å². The largest absolute Gasteiger partial charge is 0.355 e. The summed E-state index contributed by atoms with van der Waals surface area (Å²) in [6.07, 6.45) is 0.784. The number of para-hydroxylation sites is 1. The standard InChI is InChI=1S/C19H30N4O2S2/c1-15(2)18-14-22(11-12-26-18)19(20-3)21-9-13-27(24,25)23-10-8-16-6-4-5-7-17(16)23/h4-7,15,18H,8-14H2,1-3H3,(H,20,21). The van der Waals surface area contributed by atoms with Gasteiger partial charge >= 0.3 is 0 Å². The first-order valence-electron chi connectivity index (χ1n) is 9.58. The van der Waals surface area contributed by atoms with E-state index < -0.39 is 10.0 Å². The molecule has 8 heteroatoms. The summed E-state index contributed by atoms with van der Waals surface area (Å²) in [6, 6.07) is 7.75. The third-order valence-corrected chi connectivity index (χ3v) is 8.48. The van der Waals surface area contributed by atoms with Gasteiger partial charge in [-0.25, -0.2) is 8.42 Å². The molecule has 0 spiro atoms. The summed E-state index contributed by atoms with van der Waals surface area (Å²) in [7, 11) is -1.58. The smallest absolute Gasteiger partial charge is 0.236 e. The molecule has 150 valence electrons. The van der Waals surface area contributed by atoms with Crippen LogP contribution in [0.4, 0.5) is 5.69 Å². The lowest BCUT2D eigenvalue weighted by atomic mass is 10.1. The average Bonchev–Trinajstić information content (AvgIpc) is 3.10. The number of thioether (sulfide) groups is 1. The van der Waals surface area contributed by atoms with Gasteiger partial charge in [-0.1, -0.05) is 32.0 Å². The molecule has 0 radical (unpaired) electrons. The van der Waals surface area contributed by atoms with Gasteiger partial charge in [-0.05, 0) is 24.0 Å². The van der Waals surface area contributed by atoms with Gasteiger partial charge in [-0.15, -0.1) is 0 Å². The first kappa shape index (κ1) is 20.3. The van der Waals surface area contributed by atoms with Crippen molar-refractivity contribution in [2.75, 3.05) is 49.0 Å². The first-order valence-corrected chi connectivity index (χ1v) is 12.2. The fraction of sp³-hybridized carbons (Fsp3) is 0.632. The van der Waals surface area contributed by atoms with Crippen LogP contribution in [0.5, 0.6) is 0 Å². The third-order valence-electron chi connectivity index (χ3n) is 5.17. The molecule has 6 nitrogen and oxygen atoms in total. The molecule has 2 aliphatic rings. The van der Waals surface area contributed by atoms with Crippen molar-refractivity contribution in [2.24, 2.45) is 10.9 Å². The number of anilines is 1. The Morgan fingerprint density at radius 2 is 2.11 bits per heavy atom. The molecule has 1 aromatic rings. The van der Waals surface area contributed by atoms with E-state index in [1.807, 2.05) is 36.0 Å². The molecule has 27 heavy (non-hydrogen) atoms. The maximum absolute atomic E-state index is 12.8. The minimum Gasteiger partial charge on any atom is -0.355 e. The van der Waals surface area contributed by atoms with Gasteiger partial charge in [0.2, 0.25) is 10.0 Å². The molecule has 0 aliphatic carbocycles. The first-order chi connectivity index (χ1) is 12.9. The monoisotopic (exact) mass is 410 g/mol. The number of hydrogen-bond donors (Lipinski definition) is 1. The number of nitrogens with zero attached hydrogens (tertiary/aromatic N) is 3. The molecule has 1 atom stereocenters. The lowest BCUT2D eigenvalue weighted by Crippen LogP contribution is -2.50. The molecule has 3 rings (SSSR count). The number of nitrogens with one attached hydrogen (secondary N) is 1. The van der Waals surface area contributed by atoms with Crippen LogP contribution >= 0.6 is 11.8 Å². The van der Waals surface area contributed by atoms with Crippen LogP contribution in [0, 0.1) is 5.92 Å². The van der Waals surface area contributed by atoms with Gasteiger partial charge in [0, 0.05) is 44.2 Å². The second kappa shape index (κ2) is 8.73. The van der Waals surface area contributed by atoms with E-state index in [1.165, 1.54) is 0 Å². The van der Waals surface area contributed by atoms with Crippen LogP contribution in [-0.2, 0) is 16.4 Å². The van der Waals surface area contributed by atoms with Crippen molar-refractivity contribution < 1.29 is 8.42 Å². The summed E-state index contributed by atoms with van der Waals surface area (Å²) in [5.41, 5.74) is 1.94. The molecule has 0 aromatic heterocycles. The molecular weight excluding hydrogens is 380 g/mol. The molecule has 0 bridgehead atoms. The lowest BCUT2D eigenvalue weighted by molar-refractivity contribution is 0.382. The van der Waals surface area contributed by atoms with E-state index in [-0.39, 0.29) is 5.75 Å². The van der Waals surface area contributed by atoms with Gasteiger partial charge < -0.3 is 10.2 Å². The Kier molecular flexibility index (Phi) is 6.57. The predicted molar refractivity (Wildman–Crippen MR) is 115 cm³/mol. The van der Waals surface area contributed by atoms with Crippen LogP contribution in [-0.4, -0.2) is 69.3 Å². The summed E-state index contributed by atoms with van der Waals surface area (Å²) in [5, 5.41) is 3.85. The van der Waals surface area contributed by atoms with Crippen LogP contribution in [0.15, 0.2) is 29.3 Å². The summed E-state index contributed by atoms with van der Waals surface area (Å²) in [6.45, 7) is 7.29. The summed E-state index contributed by atoms with van der Waals surface area (Å²) in [4.78, 5) is 6.62. The Morgan fingerprint density at radius 1 is 1.33 bits per heavy atom. The maximum atomic E-state index is 12.8. The lowest BCUT2D eigenvalue weighted by Gasteiger charge is -2.36. The van der Waals surface area contributed by atoms with Crippen molar-refractivity contribution in [2.45, 2.75) is 25.5 Å². The van der Waals surface area contributed by atoms with Crippen molar-refractivity contribution >= 4 is 33.4 Å². The number of sulfonamides is 1. The molecule has 1 N–H and O–H groups in total. The molecule has 0 amide bonds. The van der Waals surface area contributed by atoms with Crippen LogP contribution in [0.2, 0.25) is 0 Å². The number of benzene rings is 1. The Morgan fingerprint density at radius 3 is 2.85 bits per heavy atom. The average molecular weight is 411 g/mol. The maximum Gasteiger partial charge on any atom is 0.236 e. The van der Waals surface area contributed by atoms with E-state index in [1.54, 1.807) is 11.4 Å². The Hall–Kier alpha value is -1.41. The van der Waals surface area contributed by atoms with E-state index in [2.05, 4.69) is 29.1 Å². The number of guanidine groups is 1. The number of fused-ring (bicyclic) bond motifs is 1. The van der Waals surface area contributed by atoms with Crippen molar-refractivity contribution in [3.63, 3.8) is 0 Å². The second-order valence-corrected chi connectivity index (χ2v) is 10.7. The van der Waals surface area contributed by atoms with Gasteiger partial charge in [-0.3, -0.25) is 9.30 Å². The van der Waals surface area contributed by atoms with E-state index in [0.29, 0.717) is 24.3 Å². The van der Waals surface area contributed by atoms with Gasteiger partial charge in [0.25, 0.3) is 0 Å². The highest BCUT2D eigenvalue weighted by molar-refractivity contribution is 8.00. The second-order valence-electron chi connectivity index (χ2n) is 7.34. The zero-order chi connectivity index (χ0) is 19.4. The fourth-order valence-electron chi connectivity index (χ4n) is 3.60. The number of hydrogen-bond acceptors (Lipinski definition) is 4. The minimum absolute atomic E-state index is 0.0660. The molecule has 1 saturated heterocycles. The molecule has 1 fully saturated rings. The van der Waals surface area contributed by atoms with E-state index in [4.69, 9.17) is 0 Å². The highest BCUT2D eigenvalue weighted by Crippen LogP contribution is 2.30. The van der Waals surface area contributed by atoms with Gasteiger partial charge in [0.1, 0.15) is 0 Å². The fourth-order valence-corrected chi connectivity index (χ4v) is 6.33. The Balaban J connectivity index is 1.57. The van der Waals surface area contributed by atoms with Crippen molar-refractivity contribution in [3.8, 4) is 0 Å². The Labute approximate surface area is 167 Å². The number of aliphatic imine (C=N–C) groups is 1. The highest BCUT2D eigenvalue weighted by atomic mass is 32.2. The van der Waals surface area contributed by atoms with E-state index in [9.17, 15) is 8.42 Å². The quantitative estimate of drug-likeness (QED) is 0.594. The molecule has 2 heterocycles. The molecule has 0 saturated carbocycles. The topological polar surface area (TPSA) is 65.0 Å². The third kappa shape index (κ3) is 4.71. The molecule has 1 unspecified atom stereocenters. The van der Waals surface area contributed by atoms with Crippen LogP contribution in [0.3, 0.4) is 0 Å². The van der Waals surface area contributed by atoms with Crippen molar-refractivity contribution in [1.29, 1.82) is 0 Å². The molecule has 1 aromatic carbocycles. The zero-order valence-electron chi connectivity index (χ0n) is 16.4. The van der Waals surface area contributed by atoms with E-state index >= 15 is 0 Å². The SMILES string of the molecule is CN=C(NCCS(=O)(=O)N1CCc2ccccc21)N1CCSC(C(C)C)C1. The van der Waals surface area contributed by atoms with Crippen LogP contribution in [0.1, 0.15) is 19.4 Å². The summed E-state index contributed by atoms with van der Waals surface area (Å²) < 4.78 is 27.2. The normalized spacial score (nSPS) is 20.9. The van der Waals surface area contributed by atoms with Gasteiger partial charge in [-0.2, -0.15) is 11.8 Å². The highest BCUT2D eigenvalue weighted by Gasteiger charge is 2.29. The van der Waals surface area contributed by atoms with Gasteiger partial charge in [0.15, 0.2) is 5.96 Å². The Bertz CT molecular complexity index is 780. The van der Waals surface area contributed by atoms with E-state index in [0.717, 1.165) is 42.5 Å². The van der Waals surface area contributed by atoms with Crippen LogP contribution in [0.25, 0.3) is 0 Å². The predicted octanol–water partition coefficient (Wildman–Crippen LogP) is 2.03.